The van der Waals surface area contributed by atoms with Crippen molar-refractivity contribution in [3.05, 3.63) is 58.5 Å². The van der Waals surface area contributed by atoms with E-state index in [2.05, 4.69) is 10.6 Å². The fraction of sp³-hybridized carbons (Fsp3) is 0.250. The lowest BCUT2D eigenvalue weighted by atomic mass is 10.2. The summed E-state index contributed by atoms with van der Waals surface area (Å²) in [5.41, 5.74) is -0.341. The third-order valence-corrected chi connectivity index (χ3v) is 3.25. The molecule has 0 radical (unpaired) electrons. The van der Waals surface area contributed by atoms with E-state index in [9.17, 15) is 22.8 Å². The Labute approximate surface area is 136 Å². The predicted octanol–water partition coefficient (Wildman–Crippen LogP) is 2.94. The lowest BCUT2D eigenvalue weighted by Crippen LogP contribution is -2.24. The Kier molecular flexibility index (Phi) is 5.28. The van der Waals surface area contributed by atoms with Crippen molar-refractivity contribution in [3.63, 3.8) is 0 Å². The minimum absolute atomic E-state index is 0.183. The lowest BCUT2D eigenvalue weighted by Gasteiger charge is -2.11. The first-order valence-electron chi connectivity index (χ1n) is 7.21. The van der Waals surface area contributed by atoms with E-state index in [4.69, 9.17) is 0 Å². The van der Waals surface area contributed by atoms with E-state index in [0.717, 1.165) is 12.1 Å². The van der Waals surface area contributed by atoms with Crippen molar-refractivity contribution in [3.8, 4) is 0 Å². The van der Waals surface area contributed by atoms with Crippen LogP contribution in [0.25, 0.3) is 0 Å². The molecule has 0 saturated heterocycles. The fourth-order valence-corrected chi connectivity index (χ4v) is 2.05. The van der Waals surface area contributed by atoms with Crippen LogP contribution in [0.2, 0.25) is 0 Å². The molecule has 1 amide bonds. The summed E-state index contributed by atoms with van der Waals surface area (Å²) in [6.45, 7) is 2.06. The van der Waals surface area contributed by atoms with Gasteiger partial charge in [0.05, 0.1) is 17.8 Å². The first-order valence-corrected chi connectivity index (χ1v) is 7.21. The molecule has 2 rings (SSSR count). The molecule has 8 heteroatoms. The number of benzene rings is 1. The van der Waals surface area contributed by atoms with Crippen LogP contribution in [0.3, 0.4) is 0 Å². The number of halogens is 3. The average Bonchev–Trinajstić information content (AvgIpc) is 2.54. The Hall–Kier alpha value is -2.77. The van der Waals surface area contributed by atoms with Crippen molar-refractivity contribution < 1.29 is 18.0 Å². The number of anilines is 2. The van der Waals surface area contributed by atoms with Crippen molar-refractivity contribution in [2.45, 2.75) is 19.6 Å². The molecule has 0 aliphatic heterocycles. The smallest absolute Gasteiger partial charge is 0.376 e. The van der Waals surface area contributed by atoms with Crippen LogP contribution in [0.5, 0.6) is 0 Å². The number of alkyl halides is 3. The minimum atomic E-state index is -4.44. The second kappa shape index (κ2) is 7.20. The van der Waals surface area contributed by atoms with Gasteiger partial charge < -0.3 is 15.2 Å². The Bertz CT molecular complexity index is 785. The molecule has 0 spiro atoms. The molecule has 5 nitrogen and oxygen atoms in total. The number of nitrogens with one attached hydrogen (secondary N) is 2. The van der Waals surface area contributed by atoms with Gasteiger partial charge in [0, 0.05) is 24.5 Å². The zero-order valence-electron chi connectivity index (χ0n) is 12.9. The van der Waals surface area contributed by atoms with Gasteiger partial charge >= 0.3 is 6.18 Å². The molecule has 0 unspecified atom stereocenters. The highest BCUT2D eigenvalue weighted by Crippen LogP contribution is 2.30. The van der Waals surface area contributed by atoms with Gasteiger partial charge in [0.2, 0.25) is 5.91 Å². The topological polar surface area (TPSA) is 63.1 Å². The first-order chi connectivity index (χ1) is 11.3. The Morgan fingerprint density at radius 3 is 2.58 bits per heavy atom. The van der Waals surface area contributed by atoms with Crippen LogP contribution in [-0.4, -0.2) is 17.0 Å². The lowest BCUT2D eigenvalue weighted by molar-refractivity contribution is -0.137. The number of aryl methyl sites for hydroxylation is 1. The van der Waals surface area contributed by atoms with E-state index >= 15 is 0 Å². The third kappa shape index (κ3) is 4.61. The number of aromatic nitrogens is 1. The summed E-state index contributed by atoms with van der Waals surface area (Å²) in [5.74, 6) is -0.436. The molecule has 0 atom stereocenters. The predicted molar refractivity (Wildman–Crippen MR) is 84.9 cm³/mol. The Morgan fingerprint density at radius 2 is 1.92 bits per heavy atom. The molecule has 2 aromatic rings. The zero-order chi connectivity index (χ0) is 17.7. The van der Waals surface area contributed by atoms with Gasteiger partial charge in [-0.1, -0.05) is 6.07 Å². The van der Waals surface area contributed by atoms with Crippen LogP contribution in [0, 0.1) is 0 Å². The third-order valence-electron chi connectivity index (χ3n) is 3.25. The van der Waals surface area contributed by atoms with Crippen LogP contribution < -0.4 is 16.2 Å². The molecule has 1 aromatic carbocycles. The van der Waals surface area contributed by atoms with E-state index in [-0.39, 0.29) is 17.8 Å². The SMILES string of the molecule is CCn1cc(NC(=O)CNc2cccc(C(F)(F)F)c2)ccc1=O. The number of nitrogens with zero attached hydrogens (tertiary/aromatic N) is 1. The van der Waals surface area contributed by atoms with Gasteiger partial charge in [0.15, 0.2) is 0 Å². The highest BCUT2D eigenvalue weighted by Gasteiger charge is 2.30. The first kappa shape index (κ1) is 17.6. The van der Waals surface area contributed by atoms with Crippen molar-refractivity contribution in [2.75, 3.05) is 17.2 Å². The van der Waals surface area contributed by atoms with E-state index in [1.54, 1.807) is 6.92 Å². The Morgan fingerprint density at radius 1 is 1.17 bits per heavy atom. The number of hydrogen-bond acceptors (Lipinski definition) is 3. The van der Waals surface area contributed by atoms with Gasteiger partial charge in [-0.05, 0) is 31.2 Å². The van der Waals surface area contributed by atoms with Crippen LogP contribution in [0.4, 0.5) is 24.5 Å². The monoisotopic (exact) mass is 339 g/mol. The number of carbonyl (C=O) groups is 1. The van der Waals surface area contributed by atoms with Gasteiger partial charge in [0.1, 0.15) is 0 Å². The van der Waals surface area contributed by atoms with Crippen molar-refractivity contribution >= 4 is 17.3 Å². The molecule has 128 valence electrons. The van der Waals surface area contributed by atoms with E-state index in [1.165, 1.54) is 35.0 Å². The van der Waals surface area contributed by atoms with Crippen LogP contribution >= 0.6 is 0 Å². The van der Waals surface area contributed by atoms with Crippen molar-refractivity contribution in [1.29, 1.82) is 0 Å². The molecule has 0 fully saturated rings. The van der Waals surface area contributed by atoms with Crippen molar-refractivity contribution in [1.82, 2.24) is 4.57 Å². The molecule has 0 saturated carbocycles. The average molecular weight is 339 g/mol. The van der Waals surface area contributed by atoms with Gasteiger partial charge in [-0.25, -0.2) is 0 Å². The maximum absolute atomic E-state index is 12.6. The molecule has 0 aliphatic rings. The number of hydrogen-bond donors (Lipinski definition) is 2. The molecule has 2 N–H and O–H groups in total. The van der Waals surface area contributed by atoms with Crippen LogP contribution in [0.15, 0.2) is 47.4 Å². The number of rotatable bonds is 5. The van der Waals surface area contributed by atoms with Gasteiger partial charge in [0.25, 0.3) is 5.56 Å². The highest BCUT2D eigenvalue weighted by molar-refractivity contribution is 5.93. The van der Waals surface area contributed by atoms with Crippen molar-refractivity contribution in [2.24, 2.45) is 0 Å². The van der Waals surface area contributed by atoms with Crippen LogP contribution in [-0.2, 0) is 17.5 Å². The number of pyridine rings is 1. The van der Waals surface area contributed by atoms with Gasteiger partial charge in [-0.15, -0.1) is 0 Å². The number of amides is 1. The molecule has 24 heavy (non-hydrogen) atoms. The summed E-state index contributed by atoms with van der Waals surface area (Å²) in [7, 11) is 0. The van der Waals surface area contributed by atoms with Gasteiger partial charge in [-0.2, -0.15) is 13.2 Å². The standard InChI is InChI=1S/C16H16F3N3O2/c1-2-22-10-13(6-7-15(22)24)21-14(23)9-20-12-5-3-4-11(8-12)16(17,18)19/h3-8,10,20H,2,9H2,1H3,(H,21,23). The second-order valence-electron chi connectivity index (χ2n) is 5.02. The summed E-state index contributed by atoms with van der Waals surface area (Å²) in [4.78, 5) is 23.3. The van der Waals surface area contributed by atoms with E-state index in [0.29, 0.717) is 12.2 Å². The fourth-order valence-electron chi connectivity index (χ4n) is 2.05. The number of carbonyl (C=O) groups excluding carboxylic acids is 1. The quantitative estimate of drug-likeness (QED) is 0.880. The summed E-state index contributed by atoms with van der Waals surface area (Å²) in [5, 5.41) is 5.21. The maximum Gasteiger partial charge on any atom is 0.416 e. The molecule has 0 aliphatic carbocycles. The normalized spacial score (nSPS) is 11.2. The zero-order valence-corrected chi connectivity index (χ0v) is 12.9. The molecule has 1 heterocycles. The summed E-state index contributed by atoms with van der Waals surface area (Å²) >= 11 is 0. The van der Waals surface area contributed by atoms with E-state index < -0.39 is 17.6 Å². The molecule has 1 aromatic heterocycles. The Balaban J connectivity index is 1.98. The highest BCUT2D eigenvalue weighted by atomic mass is 19.4. The largest absolute Gasteiger partial charge is 0.416 e. The maximum atomic E-state index is 12.6. The molecular formula is C16H16F3N3O2. The summed E-state index contributed by atoms with van der Waals surface area (Å²) in [6, 6.07) is 7.40. The van der Waals surface area contributed by atoms with Gasteiger partial charge in [-0.3, -0.25) is 9.59 Å². The molecule has 0 bridgehead atoms. The van der Waals surface area contributed by atoms with E-state index in [1.807, 2.05) is 0 Å². The molecular weight excluding hydrogens is 323 g/mol. The van der Waals surface area contributed by atoms with Crippen LogP contribution in [0.1, 0.15) is 12.5 Å². The summed E-state index contributed by atoms with van der Waals surface area (Å²) < 4.78 is 39.3. The summed E-state index contributed by atoms with van der Waals surface area (Å²) in [6.07, 6.45) is -2.93. The second-order valence-corrected chi connectivity index (χ2v) is 5.02. The minimum Gasteiger partial charge on any atom is -0.376 e.